The van der Waals surface area contributed by atoms with Crippen LogP contribution in [0.25, 0.3) is 0 Å². The number of carbonyl (C=O) groups is 1. The zero-order valence-corrected chi connectivity index (χ0v) is 13.3. The maximum Gasteiger partial charge on any atom is 0.227 e. The molecule has 1 N–H and O–H groups in total. The van der Waals surface area contributed by atoms with Crippen molar-refractivity contribution in [2.24, 2.45) is 0 Å². The zero-order chi connectivity index (χ0) is 15.4. The zero-order valence-electron chi connectivity index (χ0n) is 12.5. The number of morpholine rings is 1. The number of nitrogens with zero attached hydrogens (tertiary/aromatic N) is 2. The van der Waals surface area contributed by atoms with Gasteiger partial charge in [0.05, 0.1) is 25.3 Å². The Bertz CT molecular complexity index is 630. The van der Waals surface area contributed by atoms with Gasteiger partial charge in [0.2, 0.25) is 5.91 Å². The van der Waals surface area contributed by atoms with Gasteiger partial charge in [-0.3, -0.25) is 4.79 Å². The minimum Gasteiger partial charge on any atom is -0.373 e. The smallest absolute Gasteiger partial charge is 0.227 e. The Morgan fingerprint density at radius 1 is 1.50 bits per heavy atom. The summed E-state index contributed by atoms with van der Waals surface area (Å²) in [5, 5.41) is 7.04. The van der Waals surface area contributed by atoms with Gasteiger partial charge in [0.15, 0.2) is 0 Å². The van der Waals surface area contributed by atoms with Crippen molar-refractivity contribution in [3.8, 4) is 0 Å². The average Bonchev–Trinajstić information content (AvgIpc) is 3.08. The molecular formula is C16H19N3O2S. The second kappa shape index (κ2) is 6.89. The van der Waals surface area contributed by atoms with E-state index in [1.165, 1.54) is 0 Å². The van der Waals surface area contributed by atoms with E-state index in [-0.39, 0.29) is 12.0 Å². The number of thiophene rings is 1. The van der Waals surface area contributed by atoms with Crippen molar-refractivity contribution >= 4 is 23.1 Å². The molecule has 3 heterocycles. The van der Waals surface area contributed by atoms with Gasteiger partial charge >= 0.3 is 0 Å². The Morgan fingerprint density at radius 3 is 3.18 bits per heavy atom. The van der Waals surface area contributed by atoms with Crippen molar-refractivity contribution in [3.63, 3.8) is 0 Å². The van der Waals surface area contributed by atoms with E-state index in [1.807, 2.05) is 47.0 Å². The highest BCUT2D eigenvalue weighted by molar-refractivity contribution is 7.07. The number of rotatable bonds is 4. The number of aromatic nitrogens is 1. The van der Waals surface area contributed by atoms with Crippen molar-refractivity contribution < 1.29 is 9.53 Å². The maximum atomic E-state index is 12.4. The SMILES string of the molecule is CNc1cccc(C2CN(C(=O)Cc3ccsc3)CCO2)n1. The topological polar surface area (TPSA) is 54.5 Å². The molecule has 3 rings (SSSR count). The number of ether oxygens (including phenoxy) is 1. The molecule has 1 unspecified atom stereocenters. The molecule has 6 heteroatoms. The molecule has 0 aromatic carbocycles. The molecule has 2 aromatic rings. The van der Waals surface area contributed by atoms with Crippen LogP contribution in [0.3, 0.4) is 0 Å². The van der Waals surface area contributed by atoms with Crippen LogP contribution in [0.1, 0.15) is 17.4 Å². The summed E-state index contributed by atoms with van der Waals surface area (Å²) in [5.74, 6) is 0.958. The summed E-state index contributed by atoms with van der Waals surface area (Å²) >= 11 is 1.62. The van der Waals surface area contributed by atoms with Gasteiger partial charge in [0.25, 0.3) is 0 Å². The lowest BCUT2D eigenvalue weighted by Gasteiger charge is -2.32. The predicted molar refractivity (Wildman–Crippen MR) is 87.1 cm³/mol. The molecule has 1 aliphatic heterocycles. The summed E-state index contributed by atoms with van der Waals surface area (Å²) in [7, 11) is 1.84. The third-order valence-electron chi connectivity index (χ3n) is 3.71. The van der Waals surface area contributed by atoms with E-state index in [1.54, 1.807) is 11.3 Å². The van der Waals surface area contributed by atoms with Crippen LogP contribution >= 0.6 is 11.3 Å². The van der Waals surface area contributed by atoms with Crippen molar-refractivity contribution in [2.75, 3.05) is 32.1 Å². The number of hydrogen-bond donors (Lipinski definition) is 1. The van der Waals surface area contributed by atoms with Crippen LogP contribution in [0.4, 0.5) is 5.82 Å². The molecule has 0 aliphatic carbocycles. The minimum atomic E-state index is -0.159. The van der Waals surface area contributed by atoms with Crippen LogP contribution in [-0.2, 0) is 16.0 Å². The van der Waals surface area contributed by atoms with Crippen LogP contribution < -0.4 is 5.32 Å². The lowest BCUT2D eigenvalue weighted by Crippen LogP contribution is -2.43. The van der Waals surface area contributed by atoms with Gasteiger partial charge in [0, 0.05) is 13.6 Å². The number of hydrogen-bond acceptors (Lipinski definition) is 5. The second-order valence-electron chi connectivity index (χ2n) is 5.21. The fraction of sp³-hybridized carbons (Fsp3) is 0.375. The van der Waals surface area contributed by atoms with Gasteiger partial charge in [-0.05, 0) is 34.5 Å². The Kier molecular flexibility index (Phi) is 4.70. The van der Waals surface area contributed by atoms with Crippen LogP contribution in [0, 0.1) is 0 Å². The highest BCUT2D eigenvalue weighted by atomic mass is 32.1. The van der Waals surface area contributed by atoms with Gasteiger partial charge in [-0.25, -0.2) is 4.98 Å². The number of carbonyl (C=O) groups excluding carboxylic acids is 1. The molecule has 0 bridgehead atoms. The van der Waals surface area contributed by atoms with E-state index in [0.29, 0.717) is 26.1 Å². The monoisotopic (exact) mass is 317 g/mol. The summed E-state index contributed by atoms with van der Waals surface area (Å²) < 4.78 is 5.80. The van der Waals surface area contributed by atoms with Gasteiger partial charge in [-0.15, -0.1) is 0 Å². The first-order valence-electron chi connectivity index (χ1n) is 7.31. The number of nitrogens with one attached hydrogen (secondary N) is 1. The summed E-state index contributed by atoms with van der Waals surface area (Å²) in [6, 6.07) is 7.80. The summed E-state index contributed by atoms with van der Waals surface area (Å²) in [6.07, 6.45) is 0.300. The Hall–Kier alpha value is -1.92. The van der Waals surface area contributed by atoms with E-state index < -0.39 is 0 Å². The molecule has 0 radical (unpaired) electrons. The third kappa shape index (κ3) is 3.45. The van der Waals surface area contributed by atoms with Crippen molar-refractivity contribution in [3.05, 3.63) is 46.3 Å². The predicted octanol–water partition coefficient (Wildman–Crippen LogP) is 2.33. The highest BCUT2D eigenvalue weighted by Gasteiger charge is 2.26. The fourth-order valence-electron chi connectivity index (χ4n) is 2.50. The van der Waals surface area contributed by atoms with E-state index in [0.717, 1.165) is 17.1 Å². The Labute approximate surface area is 133 Å². The summed E-state index contributed by atoms with van der Waals surface area (Å²) in [4.78, 5) is 18.8. The number of anilines is 1. The molecule has 0 spiro atoms. The van der Waals surface area contributed by atoms with E-state index in [4.69, 9.17) is 4.74 Å². The van der Waals surface area contributed by atoms with E-state index >= 15 is 0 Å². The van der Waals surface area contributed by atoms with Crippen molar-refractivity contribution in [1.82, 2.24) is 9.88 Å². The average molecular weight is 317 g/mol. The molecule has 2 aromatic heterocycles. The summed E-state index contributed by atoms with van der Waals surface area (Å²) in [5.41, 5.74) is 1.94. The highest BCUT2D eigenvalue weighted by Crippen LogP contribution is 2.22. The molecule has 0 saturated carbocycles. The van der Waals surface area contributed by atoms with Crippen LogP contribution in [0.15, 0.2) is 35.0 Å². The first-order chi connectivity index (χ1) is 10.8. The van der Waals surface area contributed by atoms with Gasteiger partial charge in [-0.1, -0.05) is 6.07 Å². The fourth-order valence-corrected chi connectivity index (χ4v) is 3.17. The van der Waals surface area contributed by atoms with Gasteiger partial charge < -0.3 is 15.0 Å². The first-order valence-corrected chi connectivity index (χ1v) is 8.25. The normalized spacial score (nSPS) is 18.2. The molecule has 116 valence electrons. The molecule has 1 aliphatic rings. The van der Waals surface area contributed by atoms with Crippen LogP contribution in [-0.4, -0.2) is 42.5 Å². The molecule has 1 fully saturated rings. The molecule has 22 heavy (non-hydrogen) atoms. The van der Waals surface area contributed by atoms with E-state index in [2.05, 4.69) is 10.3 Å². The molecule has 5 nitrogen and oxygen atoms in total. The third-order valence-corrected chi connectivity index (χ3v) is 4.44. The lowest BCUT2D eigenvalue weighted by molar-refractivity contribution is -0.138. The van der Waals surface area contributed by atoms with Crippen molar-refractivity contribution in [2.45, 2.75) is 12.5 Å². The maximum absolute atomic E-state index is 12.4. The first kappa shape index (κ1) is 15.0. The largest absolute Gasteiger partial charge is 0.373 e. The van der Waals surface area contributed by atoms with Crippen LogP contribution in [0.5, 0.6) is 0 Å². The van der Waals surface area contributed by atoms with Crippen molar-refractivity contribution in [1.29, 1.82) is 0 Å². The molecule has 1 atom stereocenters. The standard InChI is InChI=1S/C16H19N3O2S/c1-17-15-4-2-3-13(18-15)14-10-19(6-7-21-14)16(20)9-12-5-8-22-11-12/h2-5,8,11,14H,6-7,9-10H2,1H3,(H,17,18). The van der Waals surface area contributed by atoms with Gasteiger partial charge in [-0.2, -0.15) is 11.3 Å². The molecule has 1 amide bonds. The number of amides is 1. The molecular weight excluding hydrogens is 298 g/mol. The number of pyridine rings is 1. The quantitative estimate of drug-likeness (QED) is 0.940. The van der Waals surface area contributed by atoms with Gasteiger partial charge in [0.1, 0.15) is 11.9 Å². The second-order valence-corrected chi connectivity index (χ2v) is 5.99. The summed E-state index contributed by atoms with van der Waals surface area (Å²) in [6.45, 7) is 1.75. The minimum absolute atomic E-state index is 0.150. The molecule has 1 saturated heterocycles. The Balaban J connectivity index is 1.67. The lowest BCUT2D eigenvalue weighted by atomic mass is 10.1. The van der Waals surface area contributed by atoms with Crippen LogP contribution in [0.2, 0.25) is 0 Å². The Morgan fingerprint density at radius 2 is 2.41 bits per heavy atom. The van der Waals surface area contributed by atoms with E-state index in [9.17, 15) is 4.79 Å².